The third-order valence-electron chi connectivity index (χ3n) is 1.77. The van der Waals surface area contributed by atoms with E-state index in [4.69, 9.17) is 15.9 Å². The summed E-state index contributed by atoms with van der Waals surface area (Å²) >= 11 is 0. The maximum atomic E-state index is 10.5. The number of hydrogen-bond acceptors (Lipinski definition) is 7. The van der Waals surface area contributed by atoms with Crippen LogP contribution >= 0.6 is 0 Å². The number of aromatic carboxylic acids is 1. The number of rotatable bonds is 2. The Morgan fingerprint density at radius 2 is 1.95 bits per heavy atom. The first kappa shape index (κ1) is 15.4. The van der Waals surface area contributed by atoms with Gasteiger partial charge in [-0.3, -0.25) is 9.78 Å². The van der Waals surface area contributed by atoms with Gasteiger partial charge in [0, 0.05) is 6.07 Å². The van der Waals surface area contributed by atoms with Crippen molar-refractivity contribution in [3.05, 3.63) is 38.8 Å². The van der Waals surface area contributed by atoms with Gasteiger partial charge in [0.15, 0.2) is 5.82 Å². The second-order valence-corrected chi connectivity index (χ2v) is 3.29. The molecule has 0 aromatic carbocycles. The maximum Gasteiger partial charge on any atom is 0.425 e. The Morgan fingerprint density at radius 3 is 2.38 bits per heavy atom. The summed E-state index contributed by atoms with van der Waals surface area (Å²) in [6.07, 6.45) is -0.00662. The molecule has 0 fully saturated rings. The van der Waals surface area contributed by atoms with Crippen LogP contribution in [0.1, 0.15) is 10.5 Å². The normalized spacial score (nSPS) is 9.33. The summed E-state index contributed by atoms with van der Waals surface area (Å²) in [5.74, 6) is -1.20. The fourth-order valence-electron chi connectivity index (χ4n) is 1.00. The first-order valence-electron chi connectivity index (χ1n) is 5.02. The number of nitrogens with one attached hydrogen (secondary N) is 3. The molecule has 21 heavy (non-hydrogen) atoms. The largest absolute Gasteiger partial charge is 0.477 e. The number of hydrogen-bond donors (Lipinski definition) is 6. The van der Waals surface area contributed by atoms with Crippen molar-refractivity contribution in [2.75, 3.05) is 11.2 Å². The van der Waals surface area contributed by atoms with E-state index in [1.165, 1.54) is 6.20 Å². The smallest absolute Gasteiger partial charge is 0.425 e. The van der Waals surface area contributed by atoms with Gasteiger partial charge in [-0.2, -0.15) is 0 Å². The summed E-state index contributed by atoms with van der Waals surface area (Å²) in [4.78, 5) is 45.7. The standard InChI is InChI=1S/C5H4N2O4.C3H5N5O2/c8-3-1-2(4(9)10)6-5(11)7-3;4-2-1-5-7-8(2)6-3(9)10/h1H,(H,9,10)(H2,6,7,8,11);1,6H,4H2,(H,9,10). The Morgan fingerprint density at radius 1 is 1.29 bits per heavy atom. The summed E-state index contributed by atoms with van der Waals surface area (Å²) < 4.78 is 0. The quantitative estimate of drug-likeness (QED) is 0.356. The van der Waals surface area contributed by atoms with Gasteiger partial charge in [-0.15, -0.1) is 9.89 Å². The molecular formula is C8H9N7O6. The highest BCUT2D eigenvalue weighted by atomic mass is 16.4. The predicted octanol–water partition coefficient (Wildman–Crippen LogP) is -2.16. The second kappa shape index (κ2) is 6.50. The van der Waals surface area contributed by atoms with Gasteiger partial charge in [0.25, 0.3) is 5.56 Å². The van der Waals surface area contributed by atoms with E-state index in [1.807, 2.05) is 15.4 Å². The molecule has 7 N–H and O–H groups in total. The Balaban J connectivity index is 0.000000211. The summed E-state index contributed by atoms with van der Waals surface area (Å²) in [6.45, 7) is 0. The van der Waals surface area contributed by atoms with E-state index in [9.17, 15) is 19.2 Å². The maximum absolute atomic E-state index is 10.5. The van der Waals surface area contributed by atoms with E-state index in [0.717, 1.165) is 10.9 Å². The molecule has 2 aromatic heterocycles. The average molecular weight is 299 g/mol. The van der Waals surface area contributed by atoms with Crippen molar-refractivity contribution in [2.24, 2.45) is 0 Å². The first-order valence-corrected chi connectivity index (χ1v) is 5.02. The molecule has 0 atom stereocenters. The van der Waals surface area contributed by atoms with Gasteiger partial charge in [0.05, 0.1) is 6.20 Å². The molecular weight excluding hydrogens is 290 g/mol. The van der Waals surface area contributed by atoms with Crippen molar-refractivity contribution in [1.29, 1.82) is 0 Å². The van der Waals surface area contributed by atoms with Gasteiger partial charge in [-0.25, -0.2) is 19.8 Å². The van der Waals surface area contributed by atoms with Crippen LogP contribution < -0.4 is 22.4 Å². The van der Waals surface area contributed by atoms with E-state index in [2.05, 4.69) is 10.3 Å². The number of carbonyl (C=O) groups is 2. The Labute approximate surface area is 114 Å². The zero-order chi connectivity index (χ0) is 16.0. The van der Waals surface area contributed by atoms with Crippen LogP contribution in [0, 0.1) is 0 Å². The van der Waals surface area contributed by atoms with Gasteiger partial charge in [0.1, 0.15) is 5.69 Å². The minimum atomic E-state index is -1.34. The molecule has 0 radical (unpaired) electrons. The van der Waals surface area contributed by atoms with Crippen LogP contribution in [0.15, 0.2) is 21.9 Å². The van der Waals surface area contributed by atoms with E-state index in [1.54, 1.807) is 0 Å². The second-order valence-electron chi connectivity index (χ2n) is 3.29. The average Bonchev–Trinajstić information content (AvgIpc) is 2.74. The fraction of sp³-hybridized carbons (Fsp3) is 0. The molecule has 0 aliphatic rings. The van der Waals surface area contributed by atoms with Crippen LogP contribution in [0.4, 0.5) is 10.6 Å². The number of aromatic nitrogens is 5. The van der Waals surface area contributed by atoms with Crippen molar-refractivity contribution in [3.8, 4) is 0 Å². The number of aromatic amines is 2. The number of carboxylic acid groups (broad SMARTS) is 2. The third kappa shape index (κ3) is 4.86. The number of anilines is 1. The van der Waals surface area contributed by atoms with E-state index >= 15 is 0 Å². The molecule has 112 valence electrons. The molecule has 2 heterocycles. The molecule has 0 saturated carbocycles. The van der Waals surface area contributed by atoms with E-state index < -0.39 is 29.0 Å². The molecule has 2 aromatic rings. The topological polar surface area (TPSA) is 209 Å². The van der Waals surface area contributed by atoms with Crippen molar-refractivity contribution >= 4 is 17.9 Å². The molecule has 0 aliphatic carbocycles. The molecule has 2 rings (SSSR count). The monoisotopic (exact) mass is 299 g/mol. The fourth-order valence-corrected chi connectivity index (χ4v) is 1.00. The summed E-state index contributed by atoms with van der Waals surface area (Å²) in [6, 6.07) is 0.795. The predicted molar refractivity (Wildman–Crippen MR) is 66.5 cm³/mol. The van der Waals surface area contributed by atoms with Gasteiger partial charge in [-0.1, -0.05) is 0 Å². The molecule has 0 bridgehead atoms. The Hall–Kier alpha value is -3.64. The molecule has 13 heteroatoms. The highest BCUT2D eigenvalue weighted by molar-refractivity contribution is 5.84. The molecule has 1 amide bonds. The molecule has 0 unspecified atom stereocenters. The van der Waals surface area contributed by atoms with Crippen molar-refractivity contribution in [3.63, 3.8) is 0 Å². The number of carboxylic acids is 1. The number of nitrogens with zero attached hydrogens (tertiary/aromatic N) is 3. The minimum absolute atomic E-state index is 0.141. The van der Waals surface area contributed by atoms with Gasteiger partial charge < -0.3 is 20.9 Å². The lowest BCUT2D eigenvalue weighted by atomic mass is 10.4. The number of amides is 1. The summed E-state index contributed by atoms with van der Waals surface area (Å²) in [7, 11) is 0. The van der Waals surface area contributed by atoms with Gasteiger partial charge in [-0.05, 0) is 5.21 Å². The van der Waals surface area contributed by atoms with E-state index in [-0.39, 0.29) is 5.82 Å². The highest BCUT2D eigenvalue weighted by Crippen LogP contribution is 1.91. The van der Waals surface area contributed by atoms with Crippen molar-refractivity contribution < 1.29 is 19.8 Å². The zero-order valence-corrected chi connectivity index (χ0v) is 10.1. The van der Waals surface area contributed by atoms with Gasteiger partial charge >= 0.3 is 17.8 Å². The summed E-state index contributed by atoms with van der Waals surface area (Å²) in [5, 5.41) is 23.1. The van der Waals surface area contributed by atoms with Crippen LogP contribution in [-0.4, -0.2) is 47.3 Å². The Bertz CT molecular complexity index is 730. The van der Waals surface area contributed by atoms with Crippen LogP contribution in [0.2, 0.25) is 0 Å². The number of nitrogen functional groups attached to an aromatic ring is 1. The number of H-pyrrole nitrogens is 2. The van der Waals surface area contributed by atoms with Crippen LogP contribution in [0.5, 0.6) is 0 Å². The van der Waals surface area contributed by atoms with Crippen molar-refractivity contribution in [1.82, 2.24) is 25.1 Å². The first-order chi connectivity index (χ1) is 9.79. The van der Waals surface area contributed by atoms with Gasteiger partial charge in [0.2, 0.25) is 0 Å². The molecule has 0 spiro atoms. The lowest BCUT2D eigenvalue weighted by molar-refractivity contribution is 0.0689. The van der Waals surface area contributed by atoms with Crippen LogP contribution in [0.3, 0.4) is 0 Å². The zero-order valence-electron chi connectivity index (χ0n) is 10.1. The van der Waals surface area contributed by atoms with Crippen LogP contribution in [0.25, 0.3) is 0 Å². The lowest BCUT2D eigenvalue weighted by Gasteiger charge is -1.98. The molecule has 0 aliphatic heterocycles. The van der Waals surface area contributed by atoms with E-state index in [0.29, 0.717) is 0 Å². The highest BCUT2D eigenvalue weighted by Gasteiger charge is 2.03. The number of nitrogens with two attached hydrogens (primary N) is 1. The SMILES string of the molecule is Nc1cnnn1NC(=O)O.O=C(O)c1cc(=O)[nH]c(=O)[nH]1. The minimum Gasteiger partial charge on any atom is -0.477 e. The third-order valence-corrected chi connectivity index (χ3v) is 1.77. The summed E-state index contributed by atoms with van der Waals surface area (Å²) in [5.41, 5.74) is 5.12. The molecule has 0 saturated heterocycles. The van der Waals surface area contributed by atoms with Crippen LogP contribution in [-0.2, 0) is 0 Å². The van der Waals surface area contributed by atoms with Crippen molar-refractivity contribution in [2.45, 2.75) is 0 Å². The lowest BCUT2D eigenvalue weighted by Crippen LogP contribution is -2.24. The Kier molecular flexibility index (Phi) is 4.78. The molecule has 13 nitrogen and oxygen atoms in total.